The summed E-state index contributed by atoms with van der Waals surface area (Å²) in [6, 6.07) is 8.62. The lowest BCUT2D eigenvalue weighted by Gasteiger charge is -2.07. The first-order valence-corrected chi connectivity index (χ1v) is 9.09. The van der Waals surface area contributed by atoms with Crippen LogP contribution in [-0.2, 0) is 17.9 Å². The molecule has 3 aromatic rings. The Morgan fingerprint density at radius 2 is 2.07 bits per heavy atom. The van der Waals surface area contributed by atoms with Crippen LogP contribution in [0.25, 0.3) is 0 Å². The average molecular weight is 459 g/mol. The van der Waals surface area contributed by atoms with Crippen LogP contribution < -0.4 is 5.32 Å². The van der Waals surface area contributed by atoms with Crippen LogP contribution in [0.1, 0.15) is 23.4 Å². The van der Waals surface area contributed by atoms with Crippen molar-refractivity contribution in [2.45, 2.75) is 26.4 Å². The summed E-state index contributed by atoms with van der Waals surface area (Å²) in [7, 11) is 0. The molecule has 2 heterocycles. The van der Waals surface area contributed by atoms with Crippen molar-refractivity contribution < 1.29 is 13.6 Å². The minimum absolute atomic E-state index is 0.287. The van der Waals surface area contributed by atoms with Crippen LogP contribution in [0.4, 0.5) is 14.6 Å². The van der Waals surface area contributed by atoms with Gasteiger partial charge in [0.2, 0.25) is 5.91 Å². The fourth-order valence-corrected chi connectivity index (χ4v) is 3.15. The van der Waals surface area contributed by atoms with E-state index in [0.29, 0.717) is 21.7 Å². The van der Waals surface area contributed by atoms with Gasteiger partial charge in [-0.2, -0.15) is 10.2 Å². The highest BCUT2D eigenvalue weighted by molar-refractivity contribution is 9.10. The quantitative estimate of drug-likeness (QED) is 0.594. The van der Waals surface area contributed by atoms with Gasteiger partial charge in [-0.1, -0.05) is 29.8 Å². The van der Waals surface area contributed by atoms with E-state index < -0.39 is 12.3 Å². The molecule has 0 aliphatic rings. The maximum absolute atomic E-state index is 13.0. The van der Waals surface area contributed by atoms with Gasteiger partial charge in [-0.25, -0.2) is 8.78 Å². The molecule has 0 saturated heterocycles. The van der Waals surface area contributed by atoms with E-state index in [1.807, 2.05) is 18.2 Å². The first-order valence-electron chi connectivity index (χ1n) is 7.92. The Kier molecular flexibility index (Phi) is 5.91. The summed E-state index contributed by atoms with van der Waals surface area (Å²) in [5, 5.41) is 11.4. The number of anilines is 1. The Morgan fingerprint density at radius 3 is 2.78 bits per heavy atom. The van der Waals surface area contributed by atoms with Crippen LogP contribution >= 0.6 is 27.5 Å². The number of aromatic nitrogens is 4. The summed E-state index contributed by atoms with van der Waals surface area (Å²) in [4.78, 5) is 12.2. The Hall–Kier alpha value is -2.26. The van der Waals surface area contributed by atoms with Crippen molar-refractivity contribution >= 4 is 39.3 Å². The normalized spacial score (nSPS) is 11.2. The monoisotopic (exact) mass is 457 g/mol. The summed E-state index contributed by atoms with van der Waals surface area (Å²) < 4.78 is 29.2. The number of alkyl halides is 2. The summed E-state index contributed by atoms with van der Waals surface area (Å²) in [6.45, 7) is 1.67. The first kappa shape index (κ1) is 19.5. The fourth-order valence-electron chi connectivity index (χ4n) is 2.54. The van der Waals surface area contributed by atoms with Crippen LogP contribution in [-0.4, -0.2) is 25.5 Å². The highest BCUT2D eigenvalue weighted by Gasteiger charge is 2.18. The Bertz CT molecular complexity index is 972. The molecule has 0 atom stereocenters. The molecule has 0 bridgehead atoms. The van der Waals surface area contributed by atoms with E-state index in [2.05, 4.69) is 31.4 Å². The van der Waals surface area contributed by atoms with Crippen molar-refractivity contribution in [2.75, 3.05) is 5.32 Å². The van der Waals surface area contributed by atoms with E-state index in [9.17, 15) is 13.6 Å². The zero-order valence-corrected chi connectivity index (χ0v) is 16.5. The average Bonchev–Trinajstić information content (AvgIpc) is 3.12. The minimum Gasteiger partial charge on any atom is -0.307 e. The third-order valence-electron chi connectivity index (χ3n) is 3.72. The zero-order chi connectivity index (χ0) is 19.6. The van der Waals surface area contributed by atoms with E-state index in [1.165, 1.54) is 6.07 Å². The molecular weight excluding hydrogens is 444 g/mol. The summed E-state index contributed by atoms with van der Waals surface area (Å²) >= 11 is 9.48. The smallest absolute Gasteiger partial charge is 0.280 e. The highest BCUT2D eigenvalue weighted by Crippen LogP contribution is 2.23. The minimum atomic E-state index is -2.71. The molecule has 0 spiro atoms. The second kappa shape index (κ2) is 8.18. The summed E-state index contributed by atoms with van der Waals surface area (Å²) in [6.07, 6.45) is -1.01. The molecule has 1 amide bonds. The molecular formula is C17H15BrClF2N5O. The maximum Gasteiger partial charge on any atom is 0.280 e. The van der Waals surface area contributed by atoms with E-state index in [1.54, 1.807) is 23.9 Å². The van der Waals surface area contributed by atoms with Crippen LogP contribution in [0.2, 0.25) is 5.02 Å². The van der Waals surface area contributed by atoms with Crippen molar-refractivity contribution in [3.8, 4) is 0 Å². The van der Waals surface area contributed by atoms with Crippen molar-refractivity contribution in [1.29, 1.82) is 0 Å². The third kappa shape index (κ3) is 4.72. The summed E-state index contributed by atoms with van der Waals surface area (Å²) in [5.41, 5.74) is 0.995. The van der Waals surface area contributed by atoms with Gasteiger partial charge in [-0.15, -0.1) is 0 Å². The molecule has 0 unspecified atom stereocenters. The molecule has 6 nitrogen and oxygen atoms in total. The summed E-state index contributed by atoms with van der Waals surface area (Å²) in [5.74, 6) is -0.224. The number of rotatable bonds is 6. The van der Waals surface area contributed by atoms with Crippen LogP contribution in [0, 0.1) is 6.92 Å². The standard InChI is InChI=1S/C17H15BrClF2N5O/c1-10-6-14(16(20)21)26(23-10)9-15(27)22-17-12(18)8-25(24-17)7-11-4-2-3-5-13(11)19/h2-6,8,16H,7,9H2,1H3,(H,22,24,27). The van der Waals surface area contributed by atoms with E-state index in [-0.39, 0.29) is 18.1 Å². The number of nitrogens with one attached hydrogen (secondary N) is 1. The van der Waals surface area contributed by atoms with Gasteiger partial charge < -0.3 is 5.32 Å². The number of carbonyl (C=O) groups is 1. The van der Waals surface area contributed by atoms with E-state index in [0.717, 1.165) is 10.2 Å². The lowest BCUT2D eigenvalue weighted by molar-refractivity contribution is -0.117. The second-order valence-electron chi connectivity index (χ2n) is 5.83. The molecule has 142 valence electrons. The van der Waals surface area contributed by atoms with Gasteiger partial charge in [-0.3, -0.25) is 14.2 Å². The third-order valence-corrected chi connectivity index (χ3v) is 4.66. The van der Waals surface area contributed by atoms with Crippen LogP contribution in [0.5, 0.6) is 0 Å². The molecule has 0 aliphatic carbocycles. The van der Waals surface area contributed by atoms with Gasteiger partial charge >= 0.3 is 0 Å². The molecule has 27 heavy (non-hydrogen) atoms. The number of hydrogen-bond acceptors (Lipinski definition) is 3. The van der Waals surface area contributed by atoms with Crippen molar-refractivity contribution in [3.63, 3.8) is 0 Å². The first-order chi connectivity index (χ1) is 12.8. The molecule has 0 fully saturated rings. The number of aryl methyl sites for hydroxylation is 1. The Balaban J connectivity index is 1.70. The van der Waals surface area contributed by atoms with E-state index in [4.69, 9.17) is 11.6 Å². The van der Waals surface area contributed by atoms with Gasteiger partial charge in [0.05, 0.1) is 16.7 Å². The predicted octanol–water partition coefficient (Wildman–Crippen LogP) is 4.43. The lowest BCUT2D eigenvalue weighted by Crippen LogP contribution is -2.21. The lowest BCUT2D eigenvalue weighted by atomic mass is 10.2. The molecule has 0 radical (unpaired) electrons. The fraction of sp³-hybridized carbons (Fsp3) is 0.235. The maximum atomic E-state index is 13.0. The van der Waals surface area contributed by atoms with E-state index >= 15 is 0 Å². The zero-order valence-electron chi connectivity index (χ0n) is 14.2. The number of halogens is 4. The Morgan fingerprint density at radius 1 is 1.33 bits per heavy atom. The van der Waals surface area contributed by atoms with Gasteiger partial charge in [0, 0.05) is 11.2 Å². The highest BCUT2D eigenvalue weighted by atomic mass is 79.9. The molecule has 1 aromatic carbocycles. The SMILES string of the molecule is Cc1cc(C(F)F)n(CC(=O)Nc2nn(Cc3ccccc3Cl)cc2Br)n1. The van der Waals surface area contributed by atoms with Gasteiger partial charge in [0.25, 0.3) is 6.43 Å². The number of amides is 1. The Labute approximate surface area is 167 Å². The van der Waals surface area contributed by atoms with Crippen molar-refractivity contribution in [2.24, 2.45) is 0 Å². The molecule has 1 N–H and O–H groups in total. The second-order valence-corrected chi connectivity index (χ2v) is 7.09. The van der Waals surface area contributed by atoms with Gasteiger partial charge in [-0.05, 0) is 40.5 Å². The largest absolute Gasteiger partial charge is 0.307 e. The van der Waals surface area contributed by atoms with Crippen molar-refractivity contribution in [1.82, 2.24) is 19.6 Å². The number of hydrogen-bond donors (Lipinski definition) is 1. The molecule has 2 aromatic heterocycles. The number of benzene rings is 1. The molecule has 10 heteroatoms. The van der Waals surface area contributed by atoms with Crippen molar-refractivity contribution in [3.05, 3.63) is 63.0 Å². The molecule has 0 aliphatic heterocycles. The predicted molar refractivity (Wildman–Crippen MR) is 101 cm³/mol. The molecule has 3 rings (SSSR count). The molecule has 0 saturated carbocycles. The van der Waals surface area contributed by atoms with Crippen LogP contribution in [0.3, 0.4) is 0 Å². The topological polar surface area (TPSA) is 64.7 Å². The number of nitrogens with zero attached hydrogens (tertiary/aromatic N) is 4. The van der Waals surface area contributed by atoms with Gasteiger partial charge in [0.15, 0.2) is 5.82 Å². The van der Waals surface area contributed by atoms with Crippen LogP contribution in [0.15, 0.2) is 41.0 Å². The van der Waals surface area contributed by atoms with Gasteiger partial charge in [0.1, 0.15) is 12.2 Å². The number of carbonyl (C=O) groups excluding carboxylic acids is 1.